The van der Waals surface area contributed by atoms with Gasteiger partial charge in [0.05, 0.1) is 22.8 Å². The quantitative estimate of drug-likeness (QED) is 0.126. The van der Waals surface area contributed by atoms with Gasteiger partial charge in [0.1, 0.15) is 0 Å². The lowest BCUT2D eigenvalue weighted by Gasteiger charge is -2.33. The SMILES string of the molecule is CCCCC1(CCCC)c2ccccc2-c2cc(Cl)c(NC(=O)CNCCCNc3ccnc4cc(Cl)ccc34)cc21. The summed E-state index contributed by atoms with van der Waals surface area (Å²) in [6.45, 7) is 6.21. The van der Waals surface area contributed by atoms with Crippen molar-refractivity contribution in [3.63, 3.8) is 0 Å². The monoisotopic (exact) mass is 602 g/mol. The average molecular weight is 604 g/mol. The molecule has 1 aliphatic carbocycles. The number of unbranched alkanes of at least 4 members (excludes halogenated alkanes) is 2. The Labute approximate surface area is 259 Å². The van der Waals surface area contributed by atoms with Crippen LogP contribution in [0, 0.1) is 0 Å². The van der Waals surface area contributed by atoms with E-state index >= 15 is 0 Å². The van der Waals surface area contributed by atoms with Crippen molar-refractivity contribution in [2.45, 2.75) is 64.2 Å². The number of carbonyl (C=O) groups is 1. The van der Waals surface area contributed by atoms with Gasteiger partial charge in [-0.25, -0.2) is 0 Å². The third-order valence-corrected chi connectivity index (χ3v) is 8.93. The molecule has 5 rings (SSSR count). The van der Waals surface area contributed by atoms with Crippen molar-refractivity contribution in [2.75, 3.05) is 30.3 Å². The van der Waals surface area contributed by atoms with E-state index in [4.69, 9.17) is 23.2 Å². The Balaban J connectivity index is 1.20. The highest BCUT2D eigenvalue weighted by Crippen LogP contribution is 2.55. The molecule has 220 valence electrons. The maximum absolute atomic E-state index is 13.0. The van der Waals surface area contributed by atoms with Crippen molar-refractivity contribution >= 4 is 51.4 Å². The van der Waals surface area contributed by atoms with Gasteiger partial charge in [-0.1, -0.05) is 87.0 Å². The number of aromatic nitrogens is 1. The number of pyridine rings is 1. The van der Waals surface area contributed by atoms with E-state index in [-0.39, 0.29) is 17.9 Å². The minimum atomic E-state index is -0.0926. The Bertz CT molecular complexity index is 1550. The Morgan fingerprint density at radius 1 is 0.833 bits per heavy atom. The summed E-state index contributed by atoms with van der Waals surface area (Å²) in [7, 11) is 0. The first-order valence-corrected chi connectivity index (χ1v) is 15.9. The van der Waals surface area contributed by atoms with Crippen LogP contribution in [-0.4, -0.2) is 30.5 Å². The Morgan fingerprint density at radius 2 is 1.62 bits per heavy atom. The number of hydrogen-bond acceptors (Lipinski definition) is 4. The number of anilines is 2. The molecule has 3 N–H and O–H groups in total. The lowest BCUT2D eigenvalue weighted by molar-refractivity contribution is -0.115. The maximum atomic E-state index is 13.0. The summed E-state index contributed by atoms with van der Waals surface area (Å²) >= 11 is 12.9. The summed E-state index contributed by atoms with van der Waals surface area (Å²) < 4.78 is 0. The predicted octanol–water partition coefficient (Wildman–Crippen LogP) is 9.22. The average Bonchev–Trinajstić information content (AvgIpc) is 3.25. The second-order valence-electron chi connectivity index (χ2n) is 11.2. The molecule has 0 spiro atoms. The third kappa shape index (κ3) is 6.44. The molecule has 1 amide bonds. The van der Waals surface area contributed by atoms with E-state index in [1.54, 1.807) is 6.20 Å². The van der Waals surface area contributed by atoms with Crippen LogP contribution in [0.5, 0.6) is 0 Å². The highest BCUT2D eigenvalue weighted by molar-refractivity contribution is 6.34. The number of rotatable bonds is 14. The summed E-state index contributed by atoms with van der Waals surface area (Å²) in [6.07, 6.45) is 9.46. The first-order chi connectivity index (χ1) is 20.5. The standard InChI is InChI=1S/C35H40Cl2N4O/c1-3-5-15-35(16-6-4-2)28-11-8-7-10-25(28)27-21-30(37)33(22-29(27)35)41-34(42)23-38-17-9-18-39-31-14-19-40-32-20-24(36)12-13-26(31)32/h7-8,10-14,19-22,38H,3-6,9,15-18,23H2,1-2H3,(H,39,40)(H,41,42). The van der Waals surface area contributed by atoms with Gasteiger partial charge in [0.25, 0.3) is 0 Å². The van der Waals surface area contributed by atoms with Crippen molar-refractivity contribution in [1.82, 2.24) is 10.3 Å². The van der Waals surface area contributed by atoms with Gasteiger partial charge in [-0.05, 0) is 84.5 Å². The third-order valence-electron chi connectivity index (χ3n) is 8.38. The molecule has 0 unspecified atom stereocenters. The predicted molar refractivity (Wildman–Crippen MR) is 178 cm³/mol. The van der Waals surface area contributed by atoms with Gasteiger partial charge in [0, 0.05) is 34.3 Å². The molecule has 1 aromatic heterocycles. The molecule has 7 heteroatoms. The first kappa shape index (κ1) is 30.3. The zero-order valence-corrected chi connectivity index (χ0v) is 26.0. The molecule has 3 aromatic carbocycles. The van der Waals surface area contributed by atoms with Crippen molar-refractivity contribution in [3.05, 3.63) is 88.0 Å². The Kier molecular flexibility index (Phi) is 10.0. The zero-order valence-electron chi connectivity index (χ0n) is 24.5. The second kappa shape index (κ2) is 13.9. The van der Waals surface area contributed by atoms with E-state index in [1.165, 1.54) is 22.3 Å². The number of fused-ring (bicyclic) bond motifs is 4. The molecule has 0 radical (unpaired) electrons. The normalized spacial score (nSPS) is 13.1. The molecule has 4 aromatic rings. The van der Waals surface area contributed by atoms with Crippen LogP contribution in [0.2, 0.25) is 10.0 Å². The van der Waals surface area contributed by atoms with Gasteiger partial charge < -0.3 is 16.0 Å². The topological polar surface area (TPSA) is 66.1 Å². The molecule has 1 aliphatic rings. The molecular formula is C35H40Cl2N4O. The minimum absolute atomic E-state index is 0.0420. The van der Waals surface area contributed by atoms with Crippen LogP contribution in [0.15, 0.2) is 66.9 Å². The van der Waals surface area contributed by atoms with Crippen molar-refractivity contribution in [2.24, 2.45) is 0 Å². The smallest absolute Gasteiger partial charge is 0.238 e. The highest BCUT2D eigenvalue weighted by Gasteiger charge is 2.42. The molecule has 0 saturated carbocycles. The number of amides is 1. The van der Waals surface area contributed by atoms with Crippen LogP contribution in [0.3, 0.4) is 0 Å². The number of halogens is 2. The molecule has 0 fully saturated rings. The first-order valence-electron chi connectivity index (χ1n) is 15.2. The van der Waals surface area contributed by atoms with Crippen LogP contribution >= 0.6 is 23.2 Å². The lowest BCUT2D eigenvalue weighted by atomic mass is 9.71. The van der Waals surface area contributed by atoms with Gasteiger partial charge in [-0.15, -0.1) is 0 Å². The van der Waals surface area contributed by atoms with Crippen LogP contribution in [0.25, 0.3) is 22.0 Å². The van der Waals surface area contributed by atoms with E-state index in [0.717, 1.165) is 68.1 Å². The van der Waals surface area contributed by atoms with E-state index in [2.05, 4.69) is 71.2 Å². The van der Waals surface area contributed by atoms with Gasteiger partial charge in [-0.3, -0.25) is 9.78 Å². The molecule has 1 heterocycles. The molecule has 0 aliphatic heterocycles. The summed E-state index contributed by atoms with van der Waals surface area (Å²) in [5.41, 5.74) is 7.73. The number of nitrogens with zero attached hydrogens (tertiary/aromatic N) is 1. The molecule has 0 atom stereocenters. The fourth-order valence-electron chi connectivity index (χ4n) is 6.30. The summed E-state index contributed by atoms with van der Waals surface area (Å²) in [4.78, 5) is 17.3. The zero-order chi connectivity index (χ0) is 29.5. The van der Waals surface area contributed by atoms with Crippen molar-refractivity contribution < 1.29 is 4.79 Å². The van der Waals surface area contributed by atoms with Gasteiger partial charge in [-0.2, -0.15) is 0 Å². The fraction of sp³-hybridized carbons (Fsp3) is 0.371. The van der Waals surface area contributed by atoms with E-state index < -0.39 is 0 Å². The molecule has 5 nitrogen and oxygen atoms in total. The van der Waals surface area contributed by atoms with Crippen LogP contribution in [-0.2, 0) is 10.2 Å². The van der Waals surface area contributed by atoms with Crippen molar-refractivity contribution in [1.29, 1.82) is 0 Å². The summed E-state index contributed by atoms with van der Waals surface area (Å²) in [5, 5.41) is 12.1. The molecule has 0 bridgehead atoms. The number of benzene rings is 3. The number of hydrogen-bond donors (Lipinski definition) is 3. The lowest BCUT2D eigenvalue weighted by Crippen LogP contribution is -2.30. The minimum Gasteiger partial charge on any atom is -0.384 e. The van der Waals surface area contributed by atoms with Crippen molar-refractivity contribution in [3.8, 4) is 11.1 Å². The fourth-order valence-corrected chi connectivity index (χ4v) is 6.67. The van der Waals surface area contributed by atoms with E-state index in [1.807, 2.05) is 24.3 Å². The highest BCUT2D eigenvalue weighted by atomic mass is 35.5. The van der Waals surface area contributed by atoms with Crippen LogP contribution in [0.4, 0.5) is 11.4 Å². The summed E-state index contributed by atoms with van der Waals surface area (Å²) in [5.74, 6) is -0.0926. The molecular weight excluding hydrogens is 563 g/mol. The van der Waals surface area contributed by atoms with E-state index in [0.29, 0.717) is 22.3 Å². The largest absolute Gasteiger partial charge is 0.384 e. The van der Waals surface area contributed by atoms with Crippen LogP contribution < -0.4 is 16.0 Å². The molecule has 42 heavy (non-hydrogen) atoms. The second-order valence-corrected chi connectivity index (χ2v) is 12.1. The molecule has 0 saturated heterocycles. The van der Waals surface area contributed by atoms with Gasteiger partial charge >= 0.3 is 0 Å². The van der Waals surface area contributed by atoms with Crippen LogP contribution in [0.1, 0.15) is 69.9 Å². The maximum Gasteiger partial charge on any atom is 0.238 e. The van der Waals surface area contributed by atoms with Gasteiger partial charge in [0.15, 0.2) is 0 Å². The number of nitrogens with one attached hydrogen (secondary N) is 3. The Hall–Kier alpha value is -3.12. The number of carbonyl (C=O) groups excluding carboxylic acids is 1. The van der Waals surface area contributed by atoms with Gasteiger partial charge in [0.2, 0.25) is 5.91 Å². The summed E-state index contributed by atoms with van der Waals surface area (Å²) in [6, 6.07) is 20.7. The van der Waals surface area contributed by atoms with E-state index in [9.17, 15) is 4.79 Å². The Morgan fingerprint density at radius 3 is 2.40 bits per heavy atom.